The van der Waals surface area contributed by atoms with E-state index in [4.69, 9.17) is 9.47 Å². The normalized spacial score (nSPS) is 23.0. The lowest BCUT2D eigenvalue weighted by atomic mass is 10.1. The number of nitrogens with one attached hydrogen (secondary N) is 1. The van der Waals surface area contributed by atoms with Crippen LogP contribution in [0.3, 0.4) is 0 Å². The number of rotatable bonds is 6. The van der Waals surface area contributed by atoms with Crippen molar-refractivity contribution in [3.8, 4) is 5.75 Å². The van der Waals surface area contributed by atoms with E-state index in [0.29, 0.717) is 17.2 Å². The molecule has 4 heterocycles. The Balaban J connectivity index is 1.33. The highest BCUT2D eigenvalue weighted by atomic mass is 16.6. The van der Waals surface area contributed by atoms with E-state index in [-0.39, 0.29) is 6.61 Å². The fraction of sp³-hybridized carbons (Fsp3) is 0.261. The number of anilines is 1. The van der Waals surface area contributed by atoms with Crippen molar-refractivity contribution in [3.63, 3.8) is 0 Å². The number of ether oxygens (including phenoxy) is 2. The second-order valence-corrected chi connectivity index (χ2v) is 7.62. The third kappa shape index (κ3) is 3.46. The molecule has 4 aromatic rings. The summed E-state index contributed by atoms with van der Waals surface area (Å²) in [5, 5.41) is 26.0. The van der Waals surface area contributed by atoms with Gasteiger partial charge in [0.05, 0.1) is 10.9 Å². The van der Waals surface area contributed by atoms with Gasteiger partial charge in [0.15, 0.2) is 6.23 Å². The average Bonchev–Trinajstić information content (AvgIpc) is 3.38. The number of benzene rings is 1. The molecule has 1 aliphatic rings. The summed E-state index contributed by atoms with van der Waals surface area (Å²) < 4.78 is 13.5. The lowest BCUT2D eigenvalue weighted by Gasteiger charge is -2.17. The second kappa shape index (κ2) is 8.19. The van der Waals surface area contributed by atoms with Gasteiger partial charge in [0.25, 0.3) is 0 Å². The number of aromatic nitrogens is 4. The van der Waals surface area contributed by atoms with Gasteiger partial charge in [-0.05, 0) is 29.8 Å². The molecule has 0 bridgehead atoms. The van der Waals surface area contributed by atoms with Gasteiger partial charge in [0, 0.05) is 30.9 Å². The summed E-state index contributed by atoms with van der Waals surface area (Å²) in [5.41, 5.74) is 2.33. The topological polar surface area (TPSA) is 115 Å². The Morgan fingerprint density at radius 1 is 1.19 bits per heavy atom. The van der Waals surface area contributed by atoms with Gasteiger partial charge in [0.2, 0.25) is 0 Å². The van der Waals surface area contributed by atoms with Crippen molar-refractivity contribution in [1.29, 1.82) is 0 Å². The Kier molecular flexibility index (Phi) is 5.22. The molecule has 0 radical (unpaired) electrons. The molecule has 164 valence electrons. The first-order valence-electron chi connectivity index (χ1n) is 10.2. The first-order chi connectivity index (χ1) is 15.6. The fourth-order valence-electron chi connectivity index (χ4n) is 3.97. The van der Waals surface area contributed by atoms with Crippen LogP contribution in [0.5, 0.6) is 5.75 Å². The number of hydrogen-bond donors (Lipinski definition) is 3. The van der Waals surface area contributed by atoms with Gasteiger partial charge in [-0.3, -0.25) is 4.98 Å². The van der Waals surface area contributed by atoms with Crippen molar-refractivity contribution >= 4 is 33.8 Å². The molecule has 0 unspecified atom stereocenters. The Morgan fingerprint density at radius 3 is 2.88 bits per heavy atom. The zero-order valence-corrected chi connectivity index (χ0v) is 17.4. The quantitative estimate of drug-likeness (QED) is 0.425. The molecule has 9 nitrogen and oxygen atoms in total. The van der Waals surface area contributed by atoms with Crippen LogP contribution in [0, 0.1) is 0 Å². The van der Waals surface area contributed by atoms with Crippen LogP contribution in [-0.2, 0) is 4.74 Å². The standard InChI is InChI=1S/C23H23N5O4/c1-3-13-8-14-4-5-15(9-17(14)25-10-13)31-11-18-19(29)20(30)23(32-18)28-7-6-16-21(24-2)26-12-27-22(16)28/h3-10,12,18-20,23,29-30H,1,11H2,2H3,(H,24,26,27)/t18-,19-,20-,23-/m1/s1. The van der Waals surface area contributed by atoms with Crippen LogP contribution in [0.2, 0.25) is 0 Å². The molecule has 3 N–H and O–H groups in total. The SMILES string of the molecule is C=Cc1cnc2cc(OC[C@H]3O[C@@H](n4ccc5c(NC)ncnc54)[C@H](O)[C@@H]3O)ccc2c1. The number of pyridine rings is 1. The van der Waals surface area contributed by atoms with Crippen molar-refractivity contribution in [2.75, 3.05) is 19.0 Å². The van der Waals surface area contributed by atoms with Gasteiger partial charge in [0.1, 0.15) is 48.5 Å². The van der Waals surface area contributed by atoms with Crippen LogP contribution in [0.15, 0.2) is 55.6 Å². The maximum Gasteiger partial charge on any atom is 0.164 e. The van der Waals surface area contributed by atoms with Gasteiger partial charge >= 0.3 is 0 Å². The second-order valence-electron chi connectivity index (χ2n) is 7.62. The van der Waals surface area contributed by atoms with E-state index in [0.717, 1.165) is 21.9 Å². The minimum absolute atomic E-state index is 0.0704. The zero-order valence-electron chi connectivity index (χ0n) is 17.4. The summed E-state index contributed by atoms with van der Waals surface area (Å²) in [4.78, 5) is 12.9. The van der Waals surface area contributed by atoms with E-state index >= 15 is 0 Å². The molecular weight excluding hydrogens is 410 g/mol. The van der Waals surface area contributed by atoms with Crippen LogP contribution < -0.4 is 10.1 Å². The van der Waals surface area contributed by atoms with E-state index in [1.54, 1.807) is 30.1 Å². The predicted molar refractivity (Wildman–Crippen MR) is 120 cm³/mol. The number of aliphatic hydroxyl groups is 2. The molecule has 0 aliphatic carbocycles. The monoisotopic (exact) mass is 433 g/mol. The lowest BCUT2D eigenvalue weighted by molar-refractivity contribution is -0.0471. The molecular formula is C23H23N5O4. The number of hydrogen-bond acceptors (Lipinski definition) is 8. The maximum atomic E-state index is 10.6. The number of nitrogens with zero attached hydrogens (tertiary/aromatic N) is 4. The molecule has 1 aliphatic heterocycles. The zero-order chi connectivity index (χ0) is 22.2. The molecule has 0 saturated carbocycles. The van der Waals surface area contributed by atoms with Crippen LogP contribution >= 0.6 is 0 Å². The largest absolute Gasteiger partial charge is 0.491 e. The molecule has 1 aromatic carbocycles. The van der Waals surface area contributed by atoms with Crippen molar-refractivity contribution < 1.29 is 19.7 Å². The molecule has 9 heteroatoms. The number of aliphatic hydroxyl groups excluding tert-OH is 2. The van der Waals surface area contributed by atoms with Crippen molar-refractivity contribution in [2.24, 2.45) is 0 Å². The summed E-state index contributed by atoms with van der Waals surface area (Å²) in [5.74, 6) is 1.27. The van der Waals surface area contributed by atoms with Gasteiger partial charge < -0.3 is 29.6 Å². The number of fused-ring (bicyclic) bond motifs is 2. The Bertz CT molecular complexity index is 1290. The maximum absolute atomic E-state index is 10.6. The Hall–Kier alpha value is -3.53. The minimum Gasteiger partial charge on any atom is -0.491 e. The molecule has 1 saturated heterocycles. The van der Waals surface area contributed by atoms with E-state index in [1.807, 2.05) is 30.3 Å². The van der Waals surface area contributed by atoms with Crippen molar-refractivity contribution in [1.82, 2.24) is 19.5 Å². The predicted octanol–water partition coefficient (Wildman–Crippen LogP) is 2.36. The van der Waals surface area contributed by atoms with Crippen molar-refractivity contribution in [3.05, 3.63) is 61.2 Å². The molecule has 4 atom stereocenters. The third-order valence-corrected chi connectivity index (χ3v) is 5.68. The average molecular weight is 433 g/mol. The van der Waals surface area contributed by atoms with Gasteiger partial charge in [-0.2, -0.15) is 0 Å². The van der Waals surface area contributed by atoms with E-state index < -0.39 is 24.5 Å². The first-order valence-corrected chi connectivity index (χ1v) is 10.2. The summed E-state index contributed by atoms with van der Waals surface area (Å²) in [6, 6.07) is 9.41. The van der Waals surface area contributed by atoms with E-state index in [1.165, 1.54) is 6.33 Å². The highest BCUT2D eigenvalue weighted by Gasteiger charge is 2.44. The molecule has 0 amide bonds. The smallest absolute Gasteiger partial charge is 0.164 e. The fourth-order valence-corrected chi connectivity index (χ4v) is 3.97. The van der Waals surface area contributed by atoms with Crippen LogP contribution in [-0.4, -0.2) is 61.7 Å². The summed E-state index contributed by atoms with van der Waals surface area (Å²) in [6.45, 7) is 3.83. The Morgan fingerprint density at radius 2 is 2.06 bits per heavy atom. The molecule has 0 spiro atoms. The van der Waals surface area contributed by atoms with E-state index in [2.05, 4.69) is 26.8 Å². The summed E-state index contributed by atoms with van der Waals surface area (Å²) in [7, 11) is 1.78. The first kappa shape index (κ1) is 20.4. The molecule has 5 rings (SSSR count). The molecule has 32 heavy (non-hydrogen) atoms. The highest BCUT2D eigenvalue weighted by molar-refractivity contribution is 5.87. The van der Waals surface area contributed by atoms with Crippen LogP contribution in [0.4, 0.5) is 5.82 Å². The van der Waals surface area contributed by atoms with Gasteiger partial charge in [-0.25, -0.2) is 9.97 Å². The molecule has 1 fully saturated rings. The van der Waals surface area contributed by atoms with Crippen molar-refractivity contribution in [2.45, 2.75) is 24.5 Å². The van der Waals surface area contributed by atoms with Gasteiger partial charge in [-0.1, -0.05) is 12.7 Å². The highest BCUT2D eigenvalue weighted by Crippen LogP contribution is 2.33. The third-order valence-electron chi connectivity index (χ3n) is 5.68. The lowest BCUT2D eigenvalue weighted by Crippen LogP contribution is -2.34. The summed E-state index contributed by atoms with van der Waals surface area (Å²) >= 11 is 0. The molecule has 3 aromatic heterocycles. The van der Waals surface area contributed by atoms with Crippen LogP contribution in [0.1, 0.15) is 11.8 Å². The minimum atomic E-state index is -1.14. The Labute approximate surface area is 184 Å². The summed E-state index contributed by atoms with van der Waals surface area (Å²) in [6.07, 6.45) is 2.92. The van der Waals surface area contributed by atoms with E-state index in [9.17, 15) is 10.2 Å². The van der Waals surface area contributed by atoms with Crippen LogP contribution in [0.25, 0.3) is 28.0 Å². The van der Waals surface area contributed by atoms with Gasteiger partial charge in [-0.15, -0.1) is 0 Å².